The van der Waals surface area contributed by atoms with Gasteiger partial charge in [0, 0.05) is 26.1 Å². The Morgan fingerprint density at radius 2 is 2.00 bits per heavy atom. The van der Waals surface area contributed by atoms with Crippen LogP contribution in [0.5, 0.6) is 0 Å². The predicted octanol–water partition coefficient (Wildman–Crippen LogP) is -0.0178. The molecule has 0 aromatic heterocycles. The van der Waals surface area contributed by atoms with Crippen LogP contribution in [0.2, 0.25) is 0 Å². The largest absolute Gasteiger partial charge is 0.390 e. The first-order valence-electron chi connectivity index (χ1n) is 6.26. The number of hydrogen-bond donors (Lipinski definition) is 1. The average Bonchev–Trinajstić information content (AvgIpc) is 2.68. The molecule has 5 heteroatoms. The van der Waals surface area contributed by atoms with Gasteiger partial charge in [-0.2, -0.15) is 0 Å². The molecule has 0 aromatic rings. The minimum absolute atomic E-state index is 0.0426. The third-order valence-electron chi connectivity index (χ3n) is 3.67. The predicted molar refractivity (Wildman–Crippen MR) is 62.3 cm³/mol. The summed E-state index contributed by atoms with van der Waals surface area (Å²) in [5.74, 6) is -0.131. The second-order valence-corrected chi connectivity index (χ2v) is 5.32. The van der Waals surface area contributed by atoms with Gasteiger partial charge in [-0.25, -0.2) is 0 Å². The lowest BCUT2D eigenvalue weighted by Gasteiger charge is -2.35. The van der Waals surface area contributed by atoms with Crippen LogP contribution in [0.1, 0.15) is 32.6 Å². The first kappa shape index (κ1) is 12.5. The third-order valence-corrected chi connectivity index (χ3v) is 3.67. The van der Waals surface area contributed by atoms with Crippen molar-refractivity contribution in [2.45, 2.75) is 38.2 Å². The van der Waals surface area contributed by atoms with Gasteiger partial charge in [0.2, 0.25) is 11.8 Å². The van der Waals surface area contributed by atoms with E-state index in [1.165, 1.54) is 4.90 Å². The lowest BCUT2D eigenvalue weighted by molar-refractivity contribution is -0.143. The van der Waals surface area contributed by atoms with Crippen molar-refractivity contribution < 1.29 is 14.7 Å². The Hall–Kier alpha value is -0.940. The van der Waals surface area contributed by atoms with Crippen LogP contribution in [0.25, 0.3) is 0 Å². The van der Waals surface area contributed by atoms with Crippen LogP contribution in [0, 0.1) is 0 Å². The lowest BCUT2D eigenvalue weighted by Crippen LogP contribution is -2.47. The van der Waals surface area contributed by atoms with Crippen molar-refractivity contribution >= 4 is 11.8 Å². The average molecular weight is 240 g/mol. The molecule has 0 unspecified atom stereocenters. The number of rotatable bonds is 2. The number of carbonyl (C=O) groups excluding carboxylic acids is 2. The molecular formula is C12H20N2O3. The second kappa shape index (κ2) is 4.74. The molecule has 0 atom stereocenters. The Bertz CT molecular complexity index is 318. The minimum atomic E-state index is -0.594. The molecule has 2 heterocycles. The van der Waals surface area contributed by atoms with Crippen molar-refractivity contribution in [1.82, 2.24) is 9.80 Å². The molecule has 0 saturated carbocycles. The molecule has 2 aliphatic heterocycles. The SMILES string of the molecule is CC1(O)CCN(CC(=O)N2CCCC2=O)CC1. The molecule has 2 saturated heterocycles. The highest BCUT2D eigenvalue weighted by Crippen LogP contribution is 2.21. The molecule has 0 aromatic carbocycles. The highest BCUT2D eigenvalue weighted by molar-refractivity contribution is 5.97. The van der Waals surface area contributed by atoms with Gasteiger partial charge in [0.15, 0.2) is 0 Å². The van der Waals surface area contributed by atoms with Gasteiger partial charge in [-0.15, -0.1) is 0 Å². The molecule has 0 spiro atoms. The summed E-state index contributed by atoms with van der Waals surface area (Å²) in [4.78, 5) is 26.7. The van der Waals surface area contributed by atoms with Crippen LogP contribution in [0.15, 0.2) is 0 Å². The zero-order valence-electron chi connectivity index (χ0n) is 10.3. The van der Waals surface area contributed by atoms with Crippen molar-refractivity contribution in [3.05, 3.63) is 0 Å². The van der Waals surface area contributed by atoms with E-state index in [4.69, 9.17) is 0 Å². The van der Waals surface area contributed by atoms with Crippen LogP contribution in [0.4, 0.5) is 0 Å². The van der Waals surface area contributed by atoms with Crippen molar-refractivity contribution in [1.29, 1.82) is 0 Å². The Kier molecular flexibility index (Phi) is 3.49. The summed E-state index contributed by atoms with van der Waals surface area (Å²) in [6.45, 7) is 4.16. The normalized spacial score (nSPS) is 25.3. The molecule has 96 valence electrons. The summed E-state index contributed by atoms with van der Waals surface area (Å²) < 4.78 is 0. The van der Waals surface area contributed by atoms with Gasteiger partial charge >= 0.3 is 0 Å². The fraction of sp³-hybridized carbons (Fsp3) is 0.833. The Morgan fingerprint density at radius 1 is 1.35 bits per heavy atom. The van der Waals surface area contributed by atoms with E-state index >= 15 is 0 Å². The number of aliphatic hydroxyl groups is 1. The van der Waals surface area contributed by atoms with E-state index < -0.39 is 5.60 Å². The summed E-state index contributed by atoms with van der Waals surface area (Å²) in [5.41, 5.74) is -0.594. The van der Waals surface area contributed by atoms with Crippen LogP contribution >= 0.6 is 0 Å². The van der Waals surface area contributed by atoms with Crippen molar-refractivity contribution in [3.8, 4) is 0 Å². The first-order valence-corrected chi connectivity index (χ1v) is 6.26. The van der Waals surface area contributed by atoms with E-state index in [0.29, 0.717) is 32.4 Å². The molecule has 2 fully saturated rings. The number of piperidine rings is 1. The van der Waals surface area contributed by atoms with Gasteiger partial charge in [0.1, 0.15) is 0 Å². The second-order valence-electron chi connectivity index (χ2n) is 5.32. The molecule has 0 bridgehead atoms. The monoisotopic (exact) mass is 240 g/mol. The van der Waals surface area contributed by atoms with Crippen molar-refractivity contribution in [2.24, 2.45) is 0 Å². The first-order chi connectivity index (χ1) is 7.98. The summed E-state index contributed by atoms with van der Waals surface area (Å²) in [6, 6.07) is 0. The van der Waals surface area contributed by atoms with Gasteiger partial charge in [0.25, 0.3) is 0 Å². The zero-order chi connectivity index (χ0) is 12.5. The summed E-state index contributed by atoms with van der Waals surface area (Å²) in [5, 5.41) is 9.80. The summed E-state index contributed by atoms with van der Waals surface area (Å²) >= 11 is 0. The molecule has 0 radical (unpaired) electrons. The standard InChI is InChI=1S/C12H20N2O3/c1-12(17)4-7-13(8-5-12)9-11(16)14-6-2-3-10(14)15/h17H,2-9H2,1H3. The van der Waals surface area contributed by atoms with E-state index in [1.807, 2.05) is 11.8 Å². The van der Waals surface area contributed by atoms with E-state index in [2.05, 4.69) is 0 Å². The van der Waals surface area contributed by atoms with Crippen LogP contribution in [0.3, 0.4) is 0 Å². The fourth-order valence-electron chi connectivity index (χ4n) is 2.38. The lowest BCUT2D eigenvalue weighted by atomic mass is 9.94. The minimum Gasteiger partial charge on any atom is -0.390 e. The van der Waals surface area contributed by atoms with Gasteiger partial charge in [-0.3, -0.25) is 19.4 Å². The van der Waals surface area contributed by atoms with Gasteiger partial charge in [0.05, 0.1) is 12.1 Å². The molecule has 17 heavy (non-hydrogen) atoms. The number of hydrogen-bond acceptors (Lipinski definition) is 4. The maximum Gasteiger partial charge on any atom is 0.243 e. The number of amides is 2. The van der Waals surface area contributed by atoms with Crippen LogP contribution < -0.4 is 0 Å². The topological polar surface area (TPSA) is 60.9 Å². The van der Waals surface area contributed by atoms with E-state index in [1.54, 1.807) is 0 Å². The van der Waals surface area contributed by atoms with Crippen molar-refractivity contribution in [3.63, 3.8) is 0 Å². The Labute approximate surface area is 101 Å². The number of imide groups is 1. The quantitative estimate of drug-likeness (QED) is 0.737. The number of nitrogens with zero attached hydrogens (tertiary/aromatic N) is 2. The molecule has 2 aliphatic rings. The molecule has 2 amide bonds. The van der Waals surface area contributed by atoms with Gasteiger partial charge in [-0.1, -0.05) is 0 Å². The third kappa shape index (κ3) is 3.04. The van der Waals surface area contributed by atoms with Gasteiger partial charge < -0.3 is 5.11 Å². The summed E-state index contributed by atoms with van der Waals surface area (Å²) in [7, 11) is 0. The Morgan fingerprint density at radius 3 is 2.53 bits per heavy atom. The summed E-state index contributed by atoms with van der Waals surface area (Å²) in [6.07, 6.45) is 2.67. The van der Waals surface area contributed by atoms with Crippen LogP contribution in [-0.4, -0.2) is 58.5 Å². The van der Waals surface area contributed by atoms with Crippen LogP contribution in [-0.2, 0) is 9.59 Å². The Balaban J connectivity index is 1.82. The number of carbonyl (C=O) groups is 2. The highest BCUT2D eigenvalue weighted by atomic mass is 16.3. The van der Waals surface area contributed by atoms with Gasteiger partial charge in [-0.05, 0) is 26.2 Å². The highest BCUT2D eigenvalue weighted by Gasteiger charge is 2.31. The molecular weight excluding hydrogens is 220 g/mol. The molecule has 2 rings (SSSR count). The molecule has 1 N–H and O–H groups in total. The zero-order valence-corrected chi connectivity index (χ0v) is 10.3. The molecule has 5 nitrogen and oxygen atoms in total. The fourth-order valence-corrected chi connectivity index (χ4v) is 2.38. The number of likely N-dealkylation sites (tertiary alicyclic amines) is 2. The smallest absolute Gasteiger partial charge is 0.243 e. The van der Waals surface area contributed by atoms with E-state index in [-0.39, 0.29) is 11.8 Å². The van der Waals surface area contributed by atoms with E-state index in [0.717, 1.165) is 19.5 Å². The molecule has 0 aliphatic carbocycles. The van der Waals surface area contributed by atoms with E-state index in [9.17, 15) is 14.7 Å². The maximum atomic E-state index is 11.9. The maximum absolute atomic E-state index is 11.9. The van der Waals surface area contributed by atoms with Crippen molar-refractivity contribution in [2.75, 3.05) is 26.2 Å².